The number of hydrogen-bond donors (Lipinski definition) is 0. The number of carbonyl (C=O) groups excluding carboxylic acids is 1. The number of alkyl halides is 1. The van der Waals surface area contributed by atoms with Crippen molar-refractivity contribution >= 4 is 23.6 Å². The van der Waals surface area contributed by atoms with Crippen LogP contribution in [-0.4, -0.2) is 19.0 Å². The van der Waals surface area contributed by atoms with E-state index in [2.05, 4.69) is 4.74 Å². The SMILES string of the molecule is COC(=O)C(=Cc1ccc(F)cc1)CCl. The zero-order chi connectivity index (χ0) is 11.3. The van der Waals surface area contributed by atoms with Crippen LogP contribution in [0.15, 0.2) is 29.8 Å². The lowest BCUT2D eigenvalue weighted by molar-refractivity contribution is -0.135. The molecule has 0 fully saturated rings. The molecule has 80 valence electrons. The maximum Gasteiger partial charge on any atom is 0.334 e. The van der Waals surface area contributed by atoms with Gasteiger partial charge in [-0.3, -0.25) is 0 Å². The predicted octanol–water partition coefficient (Wildman–Crippen LogP) is 2.62. The van der Waals surface area contributed by atoms with Crippen molar-refractivity contribution in [3.8, 4) is 0 Å². The van der Waals surface area contributed by atoms with Crippen molar-refractivity contribution in [1.82, 2.24) is 0 Å². The van der Waals surface area contributed by atoms with Crippen molar-refractivity contribution in [2.24, 2.45) is 0 Å². The lowest BCUT2D eigenvalue weighted by atomic mass is 10.1. The fraction of sp³-hybridized carbons (Fsp3) is 0.182. The molecule has 1 aromatic carbocycles. The summed E-state index contributed by atoms with van der Waals surface area (Å²) >= 11 is 5.58. The van der Waals surface area contributed by atoms with Gasteiger partial charge in [-0.1, -0.05) is 12.1 Å². The molecule has 0 heterocycles. The summed E-state index contributed by atoms with van der Waals surface area (Å²) in [5.74, 6) is -0.740. The van der Waals surface area contributed by atoms with Crippen molar-refractivity contribution in [3.63, 3.8) is 0 Å². The van der Waals surface area contributed by atoms with Gasteiger partial charge in [0.1, 0.15) is 5.82 Å². The molecule has 0 saturated carbocycles. The minimum atomic E-state index is -0.477. The van der Waals surface area contributed by atoms with Gasteiger partial charge in [0.05, 0.1) is 18.6 Å². The van der Waals surface area contributed by atoms with Gasteiger partial charge >= 0.3 is 5.97 Å². The van der Waals surface area contributed by atoms with Gasteiger partial charge in [0.25, 0.3) is 0 Å². The number of benzene rings is 1. The summed E-state index contributed by atoms with van der Waals surface area (Å²) < 4.78 is 17.1. The van der Waals surface area contributed by atoms with E-state index in [1.807, 2.05) is 0 Å². The Labute approximate surface area is 92.3 Å². The monoisotopic (exact) mass is 228 g/mol. The summed E-state index contributed by atoms with van der Waals surface area (Å²) in [6.45, 7) is 0. The predicted molar refractivity (Wildman–Crippen MR) is 57.1 cm³/mol. The molecule has 0 radical (unpaired) electrons. The maximum absolute atomic E-state index is 12.6. The van der Waals surface area contributed by atoms with Gasteiger partial charge in [-0.15, -0.1) is 11.6 Å². The van der Waals surface area contributed by atoms with Crippen LogP contribution in [-0.2, 0) is 9.53 Å². The summed E-state index contributed by atoms with van der Waals surface area (Å²) in [5, 5.41) is 0. The molecule has 0 aliphatic heterocycles. The first kappa shape index (κ1) is 11.7. The molecule has 0 aromatic heterocycles. The number of esters is 1. The van der Waals surface area contributed by atoms with Crippen LogP contribution in [0.5, 0.6) is 0 Å². The first-order chi connectivity index (χ1) is 7.17. The molecule has 1 aromatic rings. The van der Waals surface area contributed by atoms with Crippen molar-refractivity contribution in [2.75, 3.05) is 13.0 Å². The van der Waals surface area contributed by atoms with Gasteiger partial charge in [-0.25, -0.2) is 9.18 Å². The molecule has 0 N–H and O–H groups in total. The number of carbonyl (C=O) groups is 1. The topological polar surface area (TPSA) is 26.3 Å². The molecule has 0 spiro atoms. The molecule has 0 amide bonds. The van der Waals surface area contributed by atoms with Crippen LogP contribution < -0.4 is 0 Å². The molecule has 0 aliphatic carbocycles. The quantitative estimate of drug-likeness (QED) is 0.452. The van der Waals surface area contributed by atoms with Crippen LogP contribution in [0.4, 0.5) is 4.39 Å². The van der Waals surface area contributed by atoms with Crippen LogP contribution >= 0.6 is 11.6 Å². The average Bonchev–Trinajstić information content (AvgIpc) is 2.27. The molecule has 15 heavy (non-hydrogen) atoms. The Morgan fingerprint density at radius 2 is 2.07 bits per heavy atom. The molecule has 0 saturated heterocycles. The van der Waals surface area contributed by atoms with E-state index in [1.165, 1.54) is 19.2 Å². The lowest BCUT2D eigenvalue weighted by Gasteiger charge is -2.01. The standard InChI is InChI=1S/C11H10ClFO2/c1-15-11(14)9(7-12)6-8-2-4-10(13)5-3-8/h2-6H,7H2,1H3. The van der Waals surface area contributed by atoms with E-state index in [9.17, 15) is 9.18 Å². The Hall–Kier alpha value is -1.35. The van der Waals surface area contributed by atoms with Crippen molar-refractivity contribution in [3.05, 3.63) is 41.2 Å². The molecular formula is C11H10ClFO2. The molecule has 0 unspecified atom stereocenters. The Morgan fingerprint density at radius 1 is 1.47 bits per heavy atom. The average molecular weight is 229 g/mol. The van der Waals surface area contributed by atoms with Crippen LogP contribution in [0.1, 0.15) is 5.56 Å². The van der Waals surface area contributed by atoms with Crippen LogP contribution in [0.25, 0.3) is 6.08 Å². The largest absolute Gasteiger partial charge is 0.466 e. The van der Waals surface area contributed by atoms with E-state index >= 15 is 0 Å². The molecule has 0 bridgehead atoms. The van der Waals surface area contributed by atoms with Gasteiger partial charge < -0.3 is 4.74 Å². The summed E-state index contributed by atoms with van der Waals surface area (Å²) in [7, 11) is 1.29. The Kier molecular flexibility index (Phi) is 4.31. The van der Waals surface area contributed by atoms with Gasteiger partial charge in [-0.2, -0.15) is 0 Å². The summed E-state index contributed by atoms with van der Waals surface area (Å²) in [4.78, 5) is 11.2. The molecule has 2 nitrogen and oxygen atoms in total. The molecule has 1 rings (SSSR count). The lowest BCUT2D eigenvalue weighted by Crippen LogP contribution is -2.05. The van der Waals surface area contributed by atoms with Crippen LogP contribution in [0.3, 0.4) is 0 Å². The highest BCUT2D eigenvalue weighted by Gasteiger charge is 2.07. The zero-order valence-electron chi connectivity index (χ0n) is 8.17. The van der Waals surface area contributed by atoms with Crippen LogP contribution in [0, 0.1) is 5.82 Å². The second-order valence-corrected chi connectivity index (χ2v) is 3.11. The van der Waals surface area contributed by atoms with E-state index in [4.69, 9.17) is 11.6 Å². The minimum Gasteiger partial charge on any atom is -0.466 e. The Balaban J connectivity index is 2.93. The third-order valence-corrected chi connectivity index (χ3v) is 2.09. The number of ether oxygens (including phenoxy) is 1. The summed E-state index contributed by atoms with van der Waals surface area (Å²) in [6, 6.07) is 5.75. The first-order valence-electron chi connectivity index (χ1n) is 4.28. The highest BCUT2D eigenvalue weighted by molar-refractivity contribution is 6.23. The number of methoxy groups -OCH3 is 1. The molecular weight excluding hydrogens is 219 g/mol. The smallest absolute Gasteiger partial charge is 0.334 e. The van der Waals surface area contributed by atoms with E-state index in [1.54, 1.807) is 18.2 Å². The Bertz CT molecular complexity index is 371. The molecule has 0 atom stereocenters. The second-order valence-electron chi connectivity index (χ2n) is 2.85. The summed E-state index contributed by atoms with van der Waals surface area (Å²) in [5.41, 5.74) is 1.04. The third kappa shape index (κ3) is 3.36. The van der Waals surface area contributed by atoms with Crippen molar-refractivity contribution < 1.29 is 13.9 Å². The van der Waals surface area contributed by atoms with Crippen LogP contribution in [0.2, 0.25) is 0 Å². The fourth-order valence-corrected chi connectivity index (χ4v) is 1.23. The highest BCUT2D eigenvalue weighted by atomic mass is 35.5. The van der Waals surface area contributed by atoms with Gasteiger partial charge in [0.2, 0.25) is 0 Å². The second kappa shape index (κ2) is 5.51. The van der Waals surface area contributed by atoms with E-state index < -0.39 is 5.97 Å². The molecule has 0 aliphatic rings. The fourth-order valence-electron chi connectivity index (χ4n) is 1.04. The number of hydrogen-bond acceptors (Lipinski definition) is 2. The van der Waals surface area contributed by atoms with Crippen molar-refractivity contribution in [1.29, 1.82) is 0 Å². The zero-order valence-corrected chi connectivity index (χ0v) is 8.92. The van der Waals surface area contributed by atoms with Gasteiger partial charge in [0.15, 0.2) is 0 Å². The number of rotatable bonds is 3. The minimum absolute atomic E-state index is 0.0596. The third-order valence-electron chi connectivity index (χ3n) is 1.80. The number of halogens is 2. The van der Waals surface area contributed by atoms with E-state index in [-0.39, 0.29) is 11.7 Å². The van der Waals surface area contributed by atoms with Gasteiger partial charge in [-0.05, 0) is 23.8 Å². The molecule has 4 heteroatoms. The Morgan fingerprint density at radius 3 is 2.53 bits per heavy atom. The van der Waals surface area contributed by atoms with Crippen molar-refractivity contribution in [2.45, 2.75) is 0 Å². The maximum atomic E-state index is 12.6. The first-order valence-corrected chi connectivity index (χ1v) is 4.81. The van der Waals surface area contributed by atoms with E-state index in [0.717, 1.165) is 0 Å². The highest BCUT2D eigenvalue weighted by Crippen LogP contribution is 2.10. The normalized spacial score (nSPS) is 11.3. The van der Waals surface area contributed by atoms with E-state index in [0.29, 0.717) is 11.1 Å². The van der Waals surface area contributed by atoms with Gasteiger partial charge in [0, 0.05) is 0 Å². The summed E-state index contributed by atoms with van der Waals surface area (Å²) in [6.07, 6.45) is 1.57.